The van der Waals surface area contributed by atoms with Gasteiger partial charge < -0.3 is 18.8 Å². The monoisotopic (exact) mass is 380 g/mol. The molecule has 2 aromatic carbocycles. The molecule has 1 fully saturated rings. The maximum atomic E-state index is 12.7. The van der Waals surface area contributed by atoms with E-state index in [-0.39, 0.29) is 5.43 Å². The predicted molar refractivity (Wildman–Crippen MR) is 110 cm³/mol. The minimum absolute atomic E-state index is 0.109. The van der Waals surface area contributed by atoms with E-state index in [9.17, 15) is 4.79 Å². The van der Waals surface area contributed by atoms with E-state index in [1.54, 1.807) is 25.3 Å². The zero-order valence-corrected chi connectivity index (χ0v) is 16.2. The van der Waals surface area contributed by atoms with Crippen LogP contribution >= 0.6 is 0 Å². The van der Waals surface area contributed by atoms with Crippen LogP contribution in [0, 0.1) is 0 Å². The average molecular weight is 380 g/mol. The van der Waals surface area contributed by atoms with E-state index in [2.05, 4.69) is 34.1 Å². The molecule has 6 nitrogen and oxygen atoms in total. The molecular weight excluding hydrogens is 356 g/mol. The van der Waals surface area contributed by atoms with Gasteiger partial charge in [0.15, 0.2) is 11.3 Å². The Morgan fingerprint density at radius 1 is 0.964 bits per heavy atom. The minimum Gasteiger partial charge on any atom is -0.496 e. The molecule has 6 heteroatoms. The number of rotatable bonds is 5. The summed E-state index contributed by atoms with van der Waals surface area (Å²) >= 11 is 0. The molecule has 28 heavy (non-hydrogen) atoms. The molecule has 1 saturated heterocycles. The quantitative estimate of drug-likeness (QED) is 0.678. The predicted octanol–water partition coefficient (Wildman–Crippen LogP) is 3.13. The third-order valence-electron chi connectivity index (χ3n) is 5.14. The summed E-state index contributed by atoms with van der Waals surface area (Å²) in [5, 5.41) is 0.440. The van der Waals surface area contributed by atoms with E-state index in [0.29, 0.717) is 28.4 Å². The van der Waals surface area contributed by atoms with Crippen LogP contribution in [0.3, 0.4) is 0 Å². The van der Waals surface area contributed by atoms with Gasteiger partial charge in [-0.25, -0.2) is 0 Å². The van der Waals surface area contributed by atoms with Crippen LogP contribution < -0.4 is 19.8 Å². The Hall–Kier alpha value is -2.99. The third kappa shape index (κ3) is 3.68. The average Bonchev–Trinajstić information content (AvgIpc) is 2.74. The highest BCUT2D eigenvalue weighted by Gasteiger charge is 2.21. The number of piperazine rings is 1. The summed E-state index contributed by atoms with van der Waals surface area (Å²) < 4.78 is 16.7. The van der Waals surface area contributed by atoms with Crippen molar-refractivity contribution < 1.29 is 13.9 Å². The molecule has 0 N–H and O–H groups in total. The maximum Gasteiger partial charge on any atom is 0.200 e. The first-order valence-electron chi connectivity index (χ1n) is 9.39. The lowest BCUT2D eigenvalue weighted by Gasteiger charge is -2.35. The Balaban J connectivity index is 1.54. The third-order valence-corrected chi connectivity index (χ3v) is 5.14. The van der Waals surface area contributed by atoms with Gasteiger partial charge in [-0.2, -0.15) is 0 Å². The molecule has 0 amide bonds. The number of hydrogen-bond donors (Lipinski definition) is 0. The second-order valence-electron chi connectivity index (χ2n) is 6.90. The van der Waals surface area contributed by atoms with Crippen molar-refractivity contribution in [1.29, 1.82) is 0 Å². The summed E-state index contributed by atoms with van der Waals surface area (Å²) in [5.41, 5.74) is 1.68. The van der Waals surface area contributed by atoms with Crippen LogP contribution in [0.4, 0.5) is 5.88 Å². The van der Waals surface area contributed by atoms with E-state index >= 15 is 0 Å². The lowest BCUT2D eigenvalue weighted by Crippen LogP contribution is -2.46. The van der Waals surface area contributed by atoms with Gasteiger partial charge in [0.1, 0.15) is 22.5 Å². The minimum atomic E-state index is -0.109. The molecule has 1 aliphatic rings. The Morgan fingerprint density at radius 3 is 2.39 bits per heavy atom. The fourth-order valence-electron chi connectivity index (χ4n) is 3.62. The van der Waals surface area contributed by atoms with Gasteiger partial charge in [0.2, 0.25) is 0 Å². The summed E-state index contributed by atoms with van der Waals surface area (Å²) in [6.45, 7) is 4.38. The van der Waals surface area contributed by atoms with Crippen LogP contribution in [-0.2, 0) is 6.54 Å². The van der Waals surface area contributed by atoms with Gasteiger partial charge in [0.05, 0.1) is 14.2 Å². The number of ether oxygens (including phenoxy) is 2. The highest BCUT2D eigenvalue weighted by Crippen LogP contribution is 2.31. The zero-order chi connectivity index (χ0) is 19.5. The van der Waals surface area contributed by atoms with Crippen molar-refractivity contribution in [3.63, 3.8) is 0 Å². The smallest absolute Gasteiger partial charge is 0.200 e. The van der Waals surface area contributed by atoms with Gasteiger partial charge in [-0.05, 0) is 5.56 Å². The van der Waals surface area contributed by atoms with Gasteiger partial charge in [-0.3, -0.25) is 9.69 Å². The second-order valence-corrected chi connectivity index (χ2v) is 6.90. The van der Waals surface area contributed by atoms with E-state index in [1.165, 1.54) is 12.7 Å². The summed E-state index contributed by atoms with van der Waals surface area (Å²) in [4.78, 5) is 17.2. The molecule has 1 aromatic heterocycles. The lowest BCUT2D eigenvalue weighted by molar-refractivity contribution is 0.246. The molecule has 0 unspecified atom stereocenters. The van der Waals surface area contributed by atoms with Crippen molar-refractivity contribution in [2.45, 2.75) is 6.54 Å². The molecule has 0 atom stereocenters. The SMILES string of the molecule is COc1cc(OC)c2c(=O)cc(N3CCN(Cc4ccccc4)CC3)oc2c1. The molecule has 0 radical (unpaired) electrons. The van der Waals surface area contributed by atoms with E-state index in [0.717, 1.165) is 32.7 Å². The standard InChI is InChI=1S/C22H24N2O4/c1-26-17-12-19(27-2)22-18(25)14-21(28-20(22)13-17)24-10-8-23(9-11-24)15-16-6-4-3-5-7-16/h3-7,12-14H,8-11,15H2,1-2H3. The number of fused-ring (bicyclic) bond motifs is 1. The van der Waals surface area contributed by atoms with Crippen molar-refractivity contribution in [2.24, 2.45) is 0 Å². The number of methoxy groups -OCH3 is 2. The summed E-state index contributed by atoms with van der Waals surface area (Å²) in [7, 11) is 3.11. The van der Waals surface area contributed by atoms with Crippen molar-refractivity contribution in [3.05, 3.63) is 64.3 Å². The van der Waals surface area contributed by atoms with Crippen LogP contribution in [0.5, 0.6) is 11.5 Å². The largest absolute Gasteiger partial charge is 0.496 e. The zero-order valence-electron chi connectivity index (χ0n) is 16.2. The Labute approximate surface area is 163 Å². The molecule has 0 spiro atoms. The van der Waals surface area contributed by atoms with Crippen molar-refractivity contribution in [1.82, 2.24) is 4.90 Å². The number of benzene rings is 2. The van der Waals surface area contributed by atoms with Crippen LogP contribution in [0.25, 0.3) is 11.0 Å². The molecule has 0 bridgehead atoms. The molecule has 0 aliphatic carbocycles. The molecular formula is C22H24N2O4. The van der Waals surface area contributed by atoms with Crippen molar-refractivity contribution in [3.8, 4) is 11.5 Å². The number of anilines is 1. The highest BCUT2D eigenvalue weighted by molar-refractivity contribution is 5.86. The van der Waals surface area contributed by atoms with Crippen LogP contribution in [0.1, 0.15) is 5.56 Å². The highest BCUT2D eigenvalue weighted by atomic mass is 16.5. The topological polar surface area (TPSA) is 55.2 Å². The summed E-state index contributed by atoms with van der Waals surface area (Å²) in [6.07, 6.45) is 0. The van der Waals surface area contributed by atoms with E-state index in [1.807, 2.05) is 6.07 Å². The van der Waals surface area contributed by atoms with Gasteiger partial charge in [-0.15, -0.1) is 0 Å². The fraction of sp³-hybridized carbons (Fsp3) is 0.318. The lowest BCUT2D eigenvalue weighted by atomic mass is 10.2. The summed E-state index contributed by atoms with van der Waals surface area (Å²) in [5.74, 6) is 1.65. The molecule has 1 aliphatic heterocycles. The second kappa shape index (κ2) is 7.94. The molecule has 146 valence electrons. The van der Waals surface area contributed by atoms with E-state index in [4.69, 9.17) is 13.9 Å². The van der Waals surface area contributed by atoms with Crippen LogP contribution in [-0.4, -0.2) is 45.3 Å². The van der Waals surface area contributed by atoms with E-state index < -0.39 is 0 Å². The fourth-order valence-corrected chi connectivity index (χ4v) is 3.62. The Morgan fingerprint density at radius 2 is 1.71 bits per heavy atom. The number of nitrogens with zero attached hydrogens (tertiary/aromatic N) is 2. The van der Waals surface area contributed by atoms with Crippen molar-refractivity contribution in [2.75, 3.05) is 45.3 Å². The maximum absolute atomic E-state index is 12.7. The van der Waals surface area contributed by atoms with Gasteiger partial charge in [0, 0.05) is 50.9 Å². The molecule has 4 rings (SSSR count). The number of hydrogen-bond acceptors (Lipinski definition) is 6. The first-order valence-corrected chi connectivity index (χ1v) is 9.39. The van der Waals surface area contributed by atoms with Gasteiger partial charge >= 0.3 is 0 Å². The molecule has 3 aromatic rings. The summed E-state index contributed by atoms with van der Waals surface area (Å²) in [6, 6.07) is 15.5. The Bertz CT molecular complexity index is 1010. The van der Waals surface area contributed by atoms with Crippen LogP contribution in [0.15, 0.2) is 57.7 Å². The van der Waals surface area contributed by atoms with Gasteiger partial charge in [-0.1, -0.05) is 30.3 Å². The van der Waals surface area contributed by atoms with Crippen molar-refractivity contribution >= 4 is 16.9 Å². The molecule has 0 saturated carbocycles. The molecule has 2 heterocycles. The Kier molecular flexibility index (Phi) is 5.21. The van der Waals surface area contributed by atoms with Crippen LogP contribution in [0.2, 0.25) is 0 Å². The first-order chi connectivity index (χ1) is 13.7. The first kappa shape index (κ1) is 18.4. The normalized spacial score (nSPS) is 15.0. The van der Waals surface area contributed by atoms with Gasteiger partial charge in [0.25, 0.3) is 0 Å².